The second kappa shape index (κ2) is 5.73. The Bertz CT molecular complexity index is 545. The molecule has 2 aromatic rings. The summed E-state index contributed by atoms with van der Waals surface area (Å²) in [6, 6.07) is 9.83. The quantitative estimate of drug-likeness (QED) is 0.875. The largest absolute Gasteiger partial charge is 0.336 e. The summed E-state index contributed by atoms with van der Waals surface area (Å²) in [5.74, 6) is -0.131. The van der Waals surface area contributed by atoms with E-state index in [1.54, 1.807) is 18.1 Å². The Balaban J connectivity index is 2.13. The zero-order chi connectivity index (χ0) is 13.0. The molecule has 0 bridgehead atoms. The van der Waals surface area contributed by atoms with Gasteiger partial charge in [-0.1, -0.05) is 30.3 Å². The molecule has 18 heavy (non-hydrogen) atoms. The lowest BCUT2D eigenvalue weighted by molar-refractivity contribution is 0.0778. The second-order valence-corrected chi connectivity index (χ2v) is 4.72. The third-order valence-electron chi connectivity index (χ3n) is 2.48. The minimum Gasteiger partial charge on any atom is -0.336 e. The molecular formula is C13H12BrN3O. The van der Waals surface area contributed by atoms with Crippen LogP contribution in [0.4, 0.5) is 0 Å². The number of hydrogen-bond acceptors (Lipinski definition) is 3. The smallest absolute Gasteiger partial charge is 0.273 e. The van der Waals surface area contributed by atoms with Crippen LogP contribution < -0.4 is 0 Å². The topological polar surface area (TPSA) is 46.1 Å². The summed E-state index contributed by atoms with van der Waals surface area (Å²) in [5, 5.41) is 0. The number of rotatable bonds is 3. The normalized spacial score (nSPS) is 10.1. The number of hydrogen-bond donors (Lipinski definition) is 0. The standard InChI is InChI=1S/C13H12BrN3O/c1-17(8-10-5-3-2-4-6-10)13(18)12-11(14)7-15-9-16-12/h2-7,9H,8H2,1H3. The van der Waals surface area contributed by atoms with E-state index in [9.17, 15) is 4.79 Å². The van der Waals surface area contributed by atoms with Crippen molar-refractivity contribution in [2.75, 3.05) is 7.05 Å². The Labute approximate surface area is 114 Å². The predicted octanol–water partition coefficient (Wildman–Crippen LogP) is 2.51. The van der Waals surface area contributed by atoms with Gasteiger partial charge in [-0.15, -0.1) is 0 Å². The first kappa shape index (κ1) is 12.7. The van der Waals surface area contributed by atoms with Gasteiger partial charge in [-0.05, 0) is 21.5 Å². The highest BCUT2D eigenvalue weighted by Gasteiger charge is 2.16. The molecule has 0 spiro atoms. The summed E-state index contributed by atoms with van der Waals surface area (Å²) < 4.78 is 0.606. The van der Waals surface area contributed by atoms with E-state index in [2.05, 4.69) is 25.9 Å². The molecular weight excluding hydrogens is 294 g/mol. The van der Waals surface area contributed by atoms with Gasteiger partial charge < -0.3 is 4.90 Å². The van der Waals surface area contributed by atoms with Gasteiger partial charge in [-0.3, -0.25) is 4.79 Å². The third-order valence-corrected chi connectivity index (χ3v) is 3.06. The maximum absolute atomic E-state index is 12.2. The monoisotopic (exact) mass is 305 g/mol. The Kier molecular flexibility index (Phi) is 4.04. The molecule has 0 saturated carbocycles. The van der Waals surface area contributed by atoms with Crippen LogP contribution in [0.25, 0.3) is 0 Å². The number of nitrogens with zero attached hydrogens (tertiary/aromatic N) is 3. The van der Waals surface area contributed by atoms with Gasteiger partial charge in [0.15, 0.2) is 0 Å². The molecule has 0 aliphatic heterocycles. The first-order valence-corrected chi connectivity index (χ1v) is 6.22. The van der Waals surface area contributed by atoms with Crippen LogP contribution in [0.15, 0.2) is 47.3 Å². The Morgan fingerprint density at radius 1 is 1.33 bits per heavy atom. The van der Waals surface area contributed by atoms with E-state index in [-0.39, 0.29) is 5.91 Å². The van der Waals surface area contributed by atoms with Crippen molar-refractivity contribution in [3.05, 3.63) is 58.6 Å². The van der Waals surface area contributed by atoms with E-state index >= 15 is 0 Å². The van der Waals surface area contributed by atoms with Gasteiger partial charge in [0.2, 0.25) is 0 Å². The summed E-state index contributed by atoms with van der Waals surface area (Å²) in [5.41, 5.74) is 1.46. The molecule has 2 rings (SSSR count). The molecule has 0 saturated heterocycles. The SMILES string of the molecule is CN(Cc1ccccc1)C(=O)c1ncncc1Br. The number of carbonyl (C=O) groups is 1. The summed E-state index contributed by atoms with van der Waals surface area (Å²) in [4.78, 5) is 21.6. The molecule has 0 fully saturated rings. The Hall–Kier alpha value is -1.75. The van der Waals surface area contributed by atoms with E-state index in [1.165, 1.54) is 6.33 Å². The molecule has 0 aliphatic carbocycles. The predicted molar refractivity (Wildman–Crippen MR) is 72.0 cm³/mol. The van der Waals surface area contributed by atoms with Crippen molar-refractivity contribution in [1.82, 2.24) is 14.9 Å². The van der Waals surface area contributed by atoms with Crippen molar-refractivity contribution >= 4 is 21.8 Å². The molecule has 1 aromatic carbocycles. The summed E-state index contributed by atoms with van der Waals surface area (Å²) in [6.45, 7) is 0.552. The zero-order valence-electron chi connectivity index (χ0n) is 9.88. The first-order valence-electron chi connectivity index (χ1n) is 5.43. The van der Waals surface area contributed by atoms with Gasteiger partial charge in [0, 0.05) is 19.8 Å². The highest BCUT2D eigenvalue weighted by molar-refractivity contribution is 9.10. The molecule has 1 aromatic heterocycles. The molecule has 92 valence electrons. The van der Waals surface area contributed by atoms with E-state index in [0.717, 1.165) is 5.56 Å². The number of halogens is 1. The number of aromatic nitrogens is 2. The number of benzene rings is 1. The van der Waals surface area contributed by atoms with Gasteiger partial charge in [-0.25, -0.2) is 9.97 Å². The molecule has 0 unspecified atom stereocenters. The van der Waals surface area contributed by atoms with E-state index < -0.39 is 0 Å². The van der Waals surface area contributed by atoms with Crippen LogP contribution in [-0.2, 0) is 6.54 Å². The van der Waals surface area contributed by atoms with Crippen molar-refractivity contribution in [1.29, 1.82) is 0 Å². The van der Waals surface area contributed by atoms with Crippen LogP contribution in [0.2, 0.25) is 0 Å². The second-order valence-electron chi connectivity index (χ2n) is 3.87. The first-order chi connectivity index (χ1) is 8.68. The summed E-state index contributed by atoms with van der Waals surface area (Å²) >= 11 is 3.28. The molecule has 0 radical (unpaired) electrons. The van der Waals surface area contributed by atoms with Gasteiger partial charge in [0.1, 0.15) is 12.0 Å². The molecule has 0 atom stereocenters. The minimum atomic E-state index is -0.131. The lowest BCUT2D eigenvalue weighted by Gasteiger charge is -2.17. The van der Waals surface area contributed by atoms with Crippen molar-refractivity contribution in [3.8, 4) is 0 Å². The third kappa shape index (κ3) is 2.92. The van der Waals surface area contributed by atoms with Crippen molar-refractivity contribution < 1.29 is 4.79 Å². The maximum Gasteiger partial charge on any atom is 0.273 e. The summed E-state index contributed by atoms with van der Waals surface area (Å²) in [7, 11) is 1.75. The van der Waals surface area contributed by atoms with E-state index in [1.807, 2.05) is 30.3 Å². The number of amides is 1. The fraction of sp³-hybridized carbons (Fsp3) is 0.154. The highest BCUT2D eigenvalue weighted by Crippen LogP contribution is 2.14. The van der Waals surface area contributed by atoms with Gasteiger partial charge in [0.25, 0.3) is 5.91 Å². The summed E-state index contributed by atoms with van der Waals surface area (Å²) in [6.07, 6.45) is 2.94. The van der Waals surface area contributed by atoms with Crippen molar-refractivity contribution in [2.24, 2.45) is 0 Å². The Morgan fingerprint density at radius 3 is 2.72 bits per heavy atom. The highest BCUT2D eigenvalue weighted by atomic mass is 79.9. The van der Waals surface area contributed by atoms with Crippen molar-refractivity contribution in [3.63, 3.8) is 0 Å². The van der Waals surface area contributed by atoms with Crippen LogP contribution in [-0.4, -0.2) is 27.8 Å². The maximum atomic E-state index is 12.2. The van der Waals surface area contributed by atoms with Gasteiger partial charge in [0.05, 0.1) is 4.47 Å². The molecule has 5 heteroatoms. The molecule has 4 nitrogen and oxygen atoms in total. The van der Waals surface area contributed by atoms with Gasteiger partial charge >= 0.3 is 0 Å². The molecule has 0 N–H and O–H groups in total. The fourth-order valence-corrected chi connectivity index (χ4v) is 1.97. The van der Waals surface area contributed by atoms with Crippen LogP contribution in [0.1, 0.15) is 16.1 Å². The molecule has 0 aliphatic rings. The molecule has 1 heterocycles. The lowest BCUT2D eigenvalue weighted by atomic mass is 10.2. The van der Waals surface area contributed by atoms with Crippen LogP contribution >= 0.6 is 15.9 Å². The fourth-order valence-electron chi connectivity index (χ4n) is 1.58. The number of carbonyl (C=O) groups excluding carboxylic acids is 1. The van der Waals surface area contributed by atoms with Crippen molar-refractivity contribution in [2.45, 2.75) is 6.54 Å². The molecule has 1 amide bonds. The average Bonchev–Trinajstić information content (AvgIpc) is 2.39. The van der Waals surface area contributed by atoms with Crippen LogP contribution in [0.3, 0.4) is 0 Å². The van der Waals surface area contributed by atoms with Gasteiger partial charge in [-0.2, -0.15) is 0 Å². The zero-order valence-corrected chi connectivity index (χ0v) is 11.5. The minimum absolute atomic E-state index is 0.131. The van der Waals surface area contributed by atoms with Crippen LogP contribution in [0.5, 0.6) is 0 Å². The van der Waals surface area contributed by atoms with E-state index in [0.29, 0.717) is 16.7 Å². The van der Waals surface area contributed by atoms with E-state index in [4.69, 9.17) is 0 Å². The Morgan fingerprint density at radius 2 is 2.06 bits per heavy atom. The van der Waals surface area contributed by atoms with Crippen LogP contribution in [0, 0.1) is 0 Å². The lowest BCUT2D eigenvalue weighted by Crippen LogP contribution is -2.27. The average molecular weight is 306 g/mol.